The number of rotatable bonds is 8. The Bertz CT molecular complexity index is 1390. The number of nitrogens with zero attached hydrogens (tertiary/aromatic N) is 2. The van der Waals surface area contributed by atoms with E-state index in [9.17, 15) is 28.1 Å². The number of benzene rings is 2. The topological polar surface area (TPSA) is 164 Å². The van der Waals surface area contributed by atoms with Gasteiger partial charge in [0.25, 0.3) is 5.69 Å². The number of aryl methyl sites for hydroxylation is 1. The molecule has 0 saturated heterocycles. The Labute approximate surface area is 195 Å². The Hall–Kier alpha value is -4.03. The third kappa shape index (κ3) is 4.97. The summed E-state index contributed by atoms with van der Waals surface area (Å²) in [6.07, 6.45) is 0. The predicted octanol–water partition coefficient (Wildman–Crippen LogP) is 2.73. The fraction of sp³-hybridized carbons (Fsp3) is 0.182. The maximum absolute atomic E-state index is 12.8. The zero-order valence-electron chi connectivity index (χ0n) is 18.6. The highest BCUT2D eigenvalue weighted by Gasteiger charge is 2.21. The molecule has 3 N–H and O–H groups in total. The van der Waals surface area contributed by atoms with E-state index in [1.165, 1.54) is 31.3 Å². The minimum atomic E-state index is -3.83. The molecule has 0 amide bonds. The maximum atomic E-state index is 12.8. The summed E-state index contributed by atoms with van der Waals surface area (Å²) in [5.74, 6) is -1.33. The van der Waals surface area contributed by atoms with Crippen molar-refractivity contribution in [2.24, 2.45) is 5.14 Å². The number of hydrogen-bond acceptors (Lipinski definition) is 8. The molecule has 3 rings (SSSR count). The summed E-state index contributed by atoms with van der Waals surface area (Å²) in [5.41, 5.74) is 2.10. The van der Waals surface area contributed by atoms with Gasteiger partial charge < -0.3 is 14.6 Å². The number of anilines is 1. The van der Waals surface area contributed by atoms with Gasteiger partial charge in [0.15, 0.2) is 6.61 Å². The van der Waals surface area contributed by atoms with Crippen LogP contribution in [0.15, 0.2) is 53.4 Å². The number of carbonyl (C=O) groups is 2. The molecule has 0 aliphatic rings. The number of sulfonamides is 1. The number of Topliss-reactive ketones (excluding diaryl/α,β-unsaturated/α-hetero) is 1. The standard InChI is InChI=1S/C22H22N4O7S/c1-13-10-18(14(2)25(13)16-5-7-17(8-6-16)34(23,31)32)21(27)12-33-22(28)15-4-9-19(24-3)20(11-15)26(29)30/h4-11,24H,12H2,1-3H3,(H2,23,31,32). The van der Waals surface area contributed by atoms with Crippen LogP contribution in [0.3, 0.4) is 0 Å². The molecule has 0 unspecified atom stereocenters. The molecule has 1 heterocycles. The van der Waals surface area contributed by atoms with Crippen LogP contribution in [0, 0.1) is 24.0 Å². The van der Waals surface area contributed by atoms with E-state index in [0.29, 0.717) is 22.6 Å². The minimum absolute atomic E-state index is 0.0371. The summed E-state index contributed by atoms with van der Waals surface area (Å²) in [6.45, 7) is 2.91. The number of esters is 1. The van der Waals surface area contributed by atoms with Gasteiger partial charge in [0.2, 0.25) is 15.8 Å². The summed E-state index contributed by atoms with van der Waals surface area (Å²) < 4.78 is 29.8. The van der Waals surface area contributed by atoms with Crippen molar-refractivity contribution in [1.29, 1.82) is 0 Å². The van der Waals surface area contributed by atoms with Crippen molar-refractivity contribution in [3.63, 3.8) is 0 Å². The number of hydrogen-bond donors (Lipinski definition) is 2. The number of carbonyl (C=O) groups excluding carboxylic acids is 2. The van der Waals surface area contributed by atoms with Gasteiger partial charge in [0, 0.05) is 35.8 Å². The highest BCUT2D eigenvalue weighted by Crippen LogP contribution is 2.26. The fourth-order valence-electron chi connectivity index (χ4n) is 3.54. The second-order valence-corrected chi connectivity index (χ2v) is 8.96. The largest absolute Gasteiger partial charge is 0.454 e. The maximum Gasteiger partial charge on any atom is 0.338 e. The van der Waals surface area contributed by atoms with Gasteiger partial charge in [-0.25, -0.2) is 18.4 Å². The van der Waals surface area contributed by atoms with Gasteiger partial charge in [-0.1, -0.05) is 0 Å². The molecule has 34 heavy (non-hydrogen) atoms. The lowest BCUT2D eigenvalue weighted by molar-refractivity contribution is -0.384. The molecule has 11 nitrogen and oxygen atoms in total. The first-order chi connectivity index (χ1) is 15.9. The summed E-state index contributed by atoms with van der Waals surface area (Å²) in [4.78, 5) is 35.6. The number of nitro benzene ring substituents is 1. The summed E-state index contributed by atoms with van der Waals surface area (Å²) >= 11 is 0. The number of primary sulfonamides is 1. The van der Waals surface area contributed by atoms with Crippen LogP contribution in [0.2, 0.25) is 0 Å². The fourth-order valence-corrected chi connectivity index (χ4v) is 4.06. The van der Waals surface area contributed by atoms with E-state index in [1.807, 2.05) is 0 Å². The Morgan fingerprint density at radius 2 is 1.76 bits per heavy atom. The number of nitrogens with one attached hydrogen (secondary N) is 1. The van der Waals surface area contributed by atoms with Crippen LogP contribution < -0.4 is 10.5 Å². The van der Waals surface area contributed by atoms with Crippen molar-refractivity contribution in [2.45, 2.75) is 18.7 Å². The van der Waals surface area contributed by atoms with Crippen LogP contribution in [0.5, 0.6) is 0 Å². The van der Waals surface area contributed by atoms with E-state index >= 15 is 0 Å². The third-order valence-electron chi connectivity index (χ3n) is 5.19. The highest BCUT2D eigenvalue weighted by atomic mass is 32.2. The smallest absolute Gasteiger partial charge is 0.338 e. The lowest BCUT2D eigenvalue weighted by Gasteiger charge is -2.11. The van der Waals surface area contributed by atoms with Crippen molar-refractivity contribution < 1.29 is 27.7 Å². The van der Waals surface area contributed by atoms with E-state index in [0.717, 1.165) is 6.07 Å². The van der Waals surface area contributed by atoms with Crippen molar-refractivity contribution >= 4 is 33.2 Å². The van der Waals surface area contributed by atoms with Crippen molar-refractivity contribution in [2.75, 3.05) is 19.0 Å². The van der Waals surface area contributed by atoms with E-state index in [1.54, 1.807) is 36.6 Å². The van der Waals surface area contributed by atoms with E-state index < -0.39 is 33.3 Å². The molecule has 0 bridgehead atoms. The van der Waals surface area contributed by atoms with Crippen LogP contribution in [-0.4, -0.2) is 43.3 Å². The number of nitro groups is 1. The average Bonchev–Trinajstić information content (AvgIpc) is 3.10. The molecular formula is C22H22N4O7S. The Morgan fingerprint density at radius 3 is 2.32 bits per heavy atom. The molecule has 1 aromatic heterocycles. The van der Waals surface area contributed by atoms with Crippen LogP contribution in [0.25, 0.3) is 5.69 Å². The van der Waals surface area contributed by atoms with E-state index in [-0.39, 0.29) is 21.8 Å². The molecule has 0 spiro atoms. The van der Waals surface area contributed by atoms with Crippen molar-refractivity contribution in [3.05, 3.63) is 81.2 Å². The zero-order chi connectivity index (χ0) is 25.2. The average molecular weight is 487 g/mol. The molecule has 0 aliphatic carbocycles. The normalized spacial score (nSPS) is 11.2. The van der Waals surface area contributed by atoms with Crippen LogP contribution in [0.4, 0.5) is 11.4 Å². The van der Waals surface area contributed by atoms with Gasteiger partial charge in [-0.2, -0.15) is 0 Å². The SMILES string of the molecule is CNc1ccc(C(=O)OCC(=O)c2cc(C)n(-c3ccc(S(N)(=O)=O)cc3)c2C)cc1[N+](=O)[O-]. The molecule has 178 valence electrons. The van der Waals surface area contributed by atoms with Crippen molar-refractivity contribution in [1.82, 2.24) is 4.57 Å². The Morgan fingerprint density at radius 1 is 1.12 bits per heavy atom. The van der Waals surface area contributed by atoms with Crippen LogP contribution >= 0.6 is 0 Å². The molecule has 0 atom stereocenters. The number of ketones is 1. The van der Waals surface area contributed by atoms with Gasteiger partial charge in [-0.15, -0.1) is 0 Å². The third-order valence-corrected chi connectivity index (χ3v) is 6.12. The second kappa shape index (κ2) is 9.45. The molecule has 3 aromatic rings. The highest BCUT2D eigenvalue weighted by molar-refractivity contribution is 7.89. The predicted molar refractivity (Wildman–Crippen MR) is 124 cm³/mol. The molecule has 0 radical (unpaired) electrons. The Balaban J connectivity index is 1.78. The molecule has 0 saturated carbocycles. The first-order valence-corrected chi connectivity index (χ1v) is 11.5. The first kappa shape index (κ1) is 24.6. The monoisotopic (exact) mass is 486 g/mol. The lowest BCUT2D eigenvalue weighted by Crippen LogP contribution is -2.15. The number of aromatic nitrogens is 1. The molecular weight excluding hydrogens is 464 g/mol. The Kier molecular flexibility index (Phi) is 6.84. The van der Waals surface area contributed by atoms with Crippen molar-refractivity contribution in [3.8, 4) is 5.69 Å². The number of ether oxygens (including phenoxy) is 1. The van der Waals surface area contributed by atoms with Crippen LogP contribution in [0.1, 0.15) is 32.1 Å². The summed E-state index contributed by atoms with van der Waals surface area (Å²) in [6, 6.07) is 11.3. The molecule has 0 aliphatic heterocycles. The van der Waals surface area contributed by atoms with E-state index in [4.69, 9.17) is 9.88 Å². The lowest BCUT2D eigenvalue weighted by atomic mass is 10.1. The summed E-state index contributed by atoms with van der Waals surface area (Å²) in [7, 11) is -2.32. The first-order valence-electron chi connectivity index (χ1n) is 9.92. The minimum Gasteiger partial charge on any atom is -0.454 e. The number of nitrogens with two attached hydrogens (primary N) is 1. The van der Waals surface area contributed by atoms with Gasteiger partial charge in [0.05, 0.1) is 15.4 Å². The molecule has 12 heteroatoms. The van der Waals surface area contributed by atoms with E-state index in [2.05, 4.69) is 5.32 Å². The summed E-state index contributed by atoms with van der Waals surface area (Å²) in [5, 5.41) is 19.0. The molecule has 0 fully saturated rings. The quantitative estimate of drug-likeness (QED) is 0.212. The van der Waals surface area contributed by atoms with Gasteiger partial charge in [0.1, 0.15) is 5.69 Å². The van der Waals surface area contributed by atoms with Crippen LogP contribution in [-0.2, 0) is 14.8 Å². The van der Waals surface area contributed by atoms with Gasteiger partial charge in [-0.05, 0) is 56.3 Å². The second-order valence-electron chi connectivity index (χ2n) is 7.40. The van der Waals surface area contributed by atoms with Gasteiger partial charge >= 0.3 is 5.97 Å². The zero-order valence-corrected chi connectivity index (χ0v) is 19.4. The van der Waals surface area contributed by atoms with Gasteiger partial charge in [-0.3, -0.25) is 14.9 Å². The molecule has 2 aromatic carbocycles.